The molecule has 10 nitrogen and oxygen atoms in total. The lowest BCUT2D eigenvalue weighted by molar-refractivity contribution is -0.384. The first-order chi connectivity index (χ1) is 13.8. The van der Waals surface area contributed by atoms with E-state index in [4.69, 9.17) is 9.47 Å². The number of ether oxygens (including phenoxy) is 2. The number of carbonyl (C=O) groups excluding carboxylic acids is 3. The molecule has 0 radical (unpaired) electrons. The standard InChI is InChI=1S/C19H19N3O7/c1-12(20-18(24)13-6-4-3-5-7-13)19(25)29-11-17(23)21-15-9-8-14(28-2)10-16(15)22(26)27/h3-10,12H,11H2,1-2H3,(H,20,24)(H,21,23)/t12-/m0/s1. The van der Waals surface area contributed by atoms with Gasteiger partial charge in [0, 0.05) is 5.56 Å². The number of nitrogens with one attached hydrogen (secondary N) is 2. The Hall–Kier alpha value is -3.95. The van der Waals surface area contributed by atoms with E-state index in [1.165, 1.54) is 26.2 Å². The largest absolute Gasteiger partial charge is 0.496 e. The van der Waals surface area contributed by atoms with Crippen molar-refractivity contribution in [2.75, 3.05) is 19.0 Å². The minimum absolute atomic E-state index is 0.0673. The zero-order valence-corrected chi connectivity index (χ0v) is 15.7. The van der Waals surface area contributed by atoms with E-state index in [0.717, 1.165) is 6.07 Å². The summed E-state index contributed by atoms with van der Waals surface area (Å²) in [5.74, 6) is -1.81. The van der Waals surface area contributed by atoms with Gasteiger partial charge in [-0.05, 0) is 31.2 Å². The third-order valence-electron chi connectivity index (χ3n) is 3.76. The molecule has 2 rings (SSSR count). The second kappa shape index (κ2) is 9.83. The highest BCUT2D eigenvalue weighted by Gasteiger charge is 2.21. The molecular weight excluding hydrogens is 382 g/mol. The number of methoxy groups -OCH3 is 1. The van der Waals surface area contributed by atoms with Crippen LogP contribution in [0.1, 0.15) is 17.3 Å². The first kappa shape index (κ1) is 21.4. The molecule has 0 aromatic heterocycles. The highest BCUT2D eigenvalue weighted by molar-refractivity contribution is 5.97. The lowest BCUT2D eigenvalue weighted by Crippen LogP contribution is -2.40. The molecule has 0 heterocycles. The molecule has 152 valence electrons. The van der Waals surface area contributed by atoms with Gasteiger partial charge in [-0.25, -0.2) is 4.79 Å². The van der Waals surface area contributed by atoms with Crippen molar-refractivity contribution < 1.29 is 28.8 Å². The molecule has 0 aliphatic rings. The number of nitrogens with zero attached hydrogens (tertiary/aromatic N) is 1. The van der Waals surface area contributed by atoms with Crippen molar-refractivity contribution in [3.63, 3.8) is 0 Å². The average molecular weight is 401 g/mol. The summed E-state index contributed by atoms with van der Waals surface area (Å²) in [5.41, 5.74) is -0.0634. The molecule has 0 aliphatic carbocycles. The molecule has 1 atom stereocenters. The number of amides is 2. The zero-order valence-electron chi connectivity index (χ0n) is 15.7. The maximum absolute atomic E-state index is 12.0. The van der Waals surface area contributed by atoms with Gasteiger partial charge in [-0.3, -0.25) is 19.7 Å². The Morgan fingerprint density at radius 3 is 2.45 bits per heavy atom. The van der Waals surface area contributed by atoms with Crippen molar-refractivity contribution in [3.05, 3.63) is 64.2 Å². The van der Waals surface area contributed by atoms with Crippen molar-refractivity contribution >= 4 is 29.2 Å². The maximum atomic E-state index is 12.0. The quantitative estimate of drug-likeness (QED) is 0.391. The summed E-state index contributed by atoms with van der Waals surface area (Å²) in [4.78, 5) is 46.4. The van der Waals surface area contributed by atoms with Gasteiger partial charge in [-0.1, -0.05) is 18.2 Å². The summed E-state index contributed by atoms with van der Waals surface area (Å²) in [7, 11) is 1.36. The summed E-state index contributed by atoms with van der Waals surface area (Å²) in [6, 6.07) is 11.2. The van der Waals surface area contributed by atoms with Crippen molar-refractivity contribution in [3.8, 4) is 5.75 Å². The van der Waals surface area contributed by atoms with Gasteiger partial charge in [0.1, 0.15) is 17.5 Å². The SMILES string of the molecule is COc1ccc(NC(=O)COC(=O)[C@H](C)NC(=O)c2ccccc2)c([N+](=O)[O-])c1. The molecule has 10 heteroatoms. The lowest BCUT2D eigenvalue weighted by atomic mass is 10.2. The Morgan fingerprint density at radius 2 is 1.83 bits per heavy atom. The number of hydrogen-bond donors (Lipinski definition) is 2. The van der Waals surface area contributed by atoms with Crippen LogP contribution in [0, 0.1) is 10.1 Å². The van der Waals surface area contributed by atoms with Crippen LogP contribution in [0.5, 0.6) is 5.75 Å². The first-order valence-electron chi connectivity index (χ1n) is 8.46. The van der Waals surface area contributed by atoms with Gasteiger partial charge in [0.05, 0.1) is 18.1 Å². The van der Waals surface area contributed by atoms with E-state index in [1.807, 2.05) is 0 Å². The fraction of sp³-hybridized carbons (Fsp3) is 0.211. The van der Waals surface area contributed by atoms with Gasteiger partial charge in [0.15, 0.2) is 6.61 Å². The number of nitro benzene ring substituents is 1. The smallest absolute Gasteiger partial charge is 0.328 e. The Balaban J connectivity index is 1.89. The number of carbonyl (C=O) groups is 3. The number of hydrogen-bond acceptors (Lipinski definition) is 7. The molecule has 2 amide bonds. The predicted octanol–water partition coefficient (Wildman–Crippen LogP) is 1.90. The second-order valence-electron chi connectivity index (χ2n) is 5.86. The molecule has 0 bridgehead atoms. The van der Waals surface area contributed by atoms with Crippen LogP contribution in [0.2, 0.25) is 0 Å². The highest BCUT2D eigenvalue weighted by Crippen LogP contribution is 2.28. The second-order valence-corrected chi connectivity index (χ2v) is 5.86. The number of benzene rings is 2. The Morgan fingerprint density at radius 1 is 1.14 bits per heavy atom. The van der Waals surface area contributed by atoms with Gasteiger partial charge >= 0.3 is 5.97 Å². The van der Waals surface area contributed by atoms with Crippen LogP contribution in [-0.4, -0.2) is 42.5 Å². The fourth-order valence-electron chi connectivity index (χ4n) is 2.27. The number of rotatable bonds is 8. The molecule has 2 N–H and O–H groups in total. The van der Waals surface area contributed by atoms with Crippen LogP contribution in [0.4, 0.5) is 11.4 Å². The van der Waals surface area contributed by atoms with E-state index < -0.39 is 35.4 Å². The van der Waals surface area contributed by atoms with Gasteiger partial charge in [0.25, 0.3) is 17.5 Å². The minimum atomic E-state index is -0.995. The molecule has 0 saturated heterocycles. The van der Waals surface area contributed by atoms with Crippen molar-refractivity contribution in [1.29, 1.82) is 0 Å². The van der Waals surface area contributed by atoms with Crippen LogP contribution < -0.4 is 15.4 Å². The molecule has 0 unspecified atom stereocenters. The molecule has 0 fully saturated rings. The van der Waals surface area contributed by atoms with Gasteiger partial charge in [-0.2, -0.15) is 0 Å². The summed E-state index contributed by atoms with van der Waals surface area (Å²) < 4.78 is 9.77. The fourth-order valence-corrected chi connectivity index (χ4v) is 2.27. The Kier molecular flexibility index (Phi) is 7.24. The van der Waals surface area contributed by atoms with Crippen LogP contribution in [0.25, 0.3) is 0 Å². The van der Waals surface area contributed by atoms with Crippen LogP contribution in [-0.2, 0) is 14.3 Å². The van der Waals surface area contributed by atoms with Crippen LogP contribution in [0.15, 0.2) is 48.5 Å². The highest BCUT2D eigenvalue weighted by atomic mass is 16.6. The van der Waals surface area contributed by atoms with Crippen LogP contribution in [0.3, 0.4) is 0 Å². The molecular formula is C19H19N3O7. The Labute approximate surface area is 166 Å². The predicted molar refractivity (Wildman–Crippen MR) is 103 cm³/mol. The summed E-state index contributed by atoms with van der Waals surface area (Å²) in [6.07, 6.45) is 0. The maximum Gasteiger partial charge on any atom is 0.328 e. The van der Waals surface area contributed by atoms with E-state index in [1.54, 1.807) is 30.3 Å². The minimum Gasteiger partial charge on any atom is -0.496 e. The average Bonchev–Trinajstić information content (AvgIpc) is 2.72. The third-order valence-corrected chi connectivity index (χ3v) is 3.76. The van der Waals surface area contributed by atoms with Gasteiger partial charge < -0.3 is 20.1 Å². The number of esters is 1. The van der Waals surface area contributed by atoms with E-state index in [9.17, 15) is 24.5 Å². The molecule has 0 saturated carbocycles. The van der Waals surface area contributed by atoms with Crippen molar-refractivity contribution in [2.45, 2.75) is 13.0 Å². The van der Waals surface area contributed by atoms with E-state index in [2.05, 4.69) is 10.6 Å². The summed E-state index contributed by atoms with van der Waals surface area (Å²) in [5, 5.41) is 15.9. The monoisotopic (exact) mass is 401 g/mol. The van der Waals surface area contributed by atoms with E-state index in [-0.39, 0.29) is 17.1 Å². The van der Waals surface area contributed by atoms with Crippen molar-refractivity contribution in [2.24, 2.45) is 0 Å². The normalized spacial score (nSPS) is 11.1. The van der Waals surface area contributed by atoms with Crippen molar-refractivity contribution in [1.82, 2.24) is 5.32 Å². The van der Waals surface area contributed by atoms with Crippen LogP contribution >= 0.6 is 0 Å². The first-order valence-corrected chi connectivity index (χ1v) is 8.46. The molecule has 0 spiro atoms. The Bertz CT molecular complexity index is 915. The third kappa shape index (κ3) is 6.03. The number of anilines is 1. The topological polar surface area (TPSA) is 137 Å². The molecule has 2 aromatic rings. The summed E-state index contributed by atoms with van der Waals surface area (Å²) >= 11 is 0. The zero-order chi connectivity index (χ0) is 21.4. The molecule has 0 aliphatic heterocycles. The number of nitro groups is 1. The lowest BCUT2D eigenvalue weighted by Gasteiger charge is -2.13. The van der Waals surface area contributed by atoms with E-state index >= 15 is 0 Å². The summed E-state index contributed by atoms with van der Waals surface area (Å²) in [6.45, 7) is 0.739. The van der Waals surface area contributed by atoms with Gasteiger partial charge in [-0.15, -0.1) is 0 Å². The van der Waals surface area contributed by atoms with Gasteiger partial charge in [0.2, 0.25) is 0 Å². The molecule has 2 aromatic carbocycles. The van der Waals surface area contributed by atoms with E-state index in [0.29, 0.717) is 5.56 Å². The molecule has 29 heavy (non-hydrogen) atoms.